The predicted molar refractivity (Wildman–Crippen MR) is 122 cm³/mol. The van der Waals surface area contributed by atoms with Gasteiger partial charge in [0.15, 0.2) is 0 Å². The Kier molecular flexibility index (Phi) is 7.43. The lowest BCUT2D eigenvalue weighted by Gasteiger charge is -2.38. The van der Waals surface area contributed by atoms with E-state index in [0.29, 0.717) is 36.4 Å². The SMILES string of the molecule is O=CN(O)C(CS(=O)(=O)N1CCc2ccc(F)cc2C1)C1CCN(Cc2ccccc2)CC1. The number of fused-ring (bicyclic) bond motifs is 1. The molecule has 1 amide bonds. The summed E-state index contributed by atoms with van der Waals surface area (Å²) < 4.78 is 41.4. The Bertz CT molecular complexity index is 1060. The number of halogens is 1. The van der Waals surface area contributed by atoms with Crippen molar-refractivity contribution in [3.63, 3.8) is 0 Å². The third-order valence-electron chi connectivity index (χ3n) is 6.79. The van der Waals surface area contributed by atoms with Crippen LogP contribution in [0.2, 0.25) is 0 Å². The summed E-state index contributed by atoms with van der Waals surface area (Å²) in [5.74, 6) is -0.872. The van der Waals surface area contributed by atoms with Crippen molar-refractivity contribution in [3.8, 4) is 0 Å². The van der Waals surface area contributed by atoms with Crippen LogP contribution in [0.15, 0.2) is 48.5 Å². The highest BCUT2D eigenvalue weighted by atomic mass is 32.2. The minimum Gasteiger partial charge on any atom is -0.299 e. The van der Waals surface area contributed by atoms with Crippen LogP contribution in [-0.4, -0.2) is 65.7 Å². The van der Waals surface area contributed by atoms with Gasteiger partial charge in [0.25, 0.3) is 0 Å². The lowest BCUT2D eigenvalue weighted by atomic mass is 9.90. The molecule has 2 aliphatic rings. The molecule has 1 atom stereocenters. The zero-order valence-corrected chi connectivity index (χ0v) is 19.3. The fraction of sp³-hybridized carbons (Fsp3) is 0.458. The molecular formula is C24H30FN3O4S. The summed E-state index contributed by atoms with van der Waals surface area (Å²) in [6.45, 7) is 2.75. The van der Waals surface area contributed by atoms with E-state index < -0.39 is 21.9 Å². The highest BCUT2D eigenvalue weighted by molar-refractivity contribution is 7.89. The van der Waals surface area contributed by atoms with Crippen molar-refractivity contribution < 1.29 is 22.8 Å². The van der Waals surface area contributed by atoms with E-state index in [9.17, 15) is 22.8 Å². The Labute approximate surface area is 194 Å². The van der Waals surface area contributed by atoms with E-state index in [1.807, 2.05) is 18.2 Å². The van der Waals surface area contributed by atoms with Crippen LogP contribution < -0.4 is 0 Å². The highest BCUT2D eigenvalue weighted by Crippen LogP contribution is 2.28. The van der Waals surface area contributed by atoms with Crippen molar-refractivity contribution in [2.45, 2.75) is 38.4 Å². The first-order valence-electron chi connectivity index (χ1n) is 11.3. The van der Waals surface area contributed by atoms with Crippen LogP contribution in [0.25, 0.3) is 0 Å². The Balaban J connectivity index is 1.41. The topological polar surface area (TPSA) is 81.2 Å². The van der Waals surface area contributed by atoms with Crippen molar-refractivity contribution in [2.75, 3.05) is 25.4 Å². The molecule has 0 bridgehead atoms. The molecule has 9 heteroatoms. The number of piperidine rings is 1. The number of sulfonamides is 1. The van der Waals surface area contributed by atoms with Crippen LogP contribution in [0.1, 0.15) is 29.5 Å². The minimum absolute atomic E-state index is 0.101. The number of benzene rings is 2. The number of nitrogens with zero attached hydrogens (tertiary/aromatic N) is 3. The molecule has 0 aliphatic carbocycles. The van der Waals surface area contributed by atoms with Gasteiger partial charge in [-0.3, -0.25) is 14.9 Å². The van der Waals surface area contributed by atoms with Crippen molar-refractivity contribution in [1.82, 2.24) is 14.3 Å². The number of amides is 1. The fourth-order valence-electron chi connectivity index (χ4n) is 4.90. The Morgan fingerprint density at radius 1 is 1.09 bits per heavy atom. The molecule has 2 aliphatic heterocycles. The second-order valence-electron chi connectivity index (χ2n) is 8.93. The lowest BCUT2D eigenvalue weighted by molar-refractivity contribution is -0.164. The maximum absolute atomic E-state index is 13.6. The average molecular weight is 476 g/mol. The zero-order valence-electron chi connectivity index (χ0n) is 18.5. The molecule has 2 aromatic carbocycles. The Morgan fingerprint density at radius 3 is 2.52 bits per heavy atom. The summed E-state index contributed by atoms with van der Waals surface area (Å²) in [6, 6.07) is 13.8. The van der Waals surface area contributed by atoms with Gasteiger partial charge in [0.2, 0.25) is 16.4 Å². The van der Waals surface area contributed by atoms with Crippen molar-refractivity contribution in [3.05, 3.63) is 71.0 Å². The molecular weight excluding hydrogens is 445 g/mol. The molecule has 1 unspecified atom stereocenters. The molecule has 0 radical (unpaired) electrons. The smallest absolute Gasteiger partial charge is 0.233 e. The van der Waals surface area contributed by atoms with Gasteiger partial charge in [-0.05, 0) is 67.1 Å². The molecule has 0 saturated carbocycles. The van der Waals surface area contributed by atoms with E-state index >= 15 is 0 Å². The van der Waals surface area contributed by atoms with Gasteiger partial charge in [-0.1, -0.05) is 36.4 Å². The molecule has 0 spiro atoms. The third kappa shape index (κ3) is 5.78. The molecule has 0 aromatic heterocycles. The lowest BCUT2D eigenvalue weighted by Crippen LogP contribution is -2.50. The number of carbonyl (C=O) groups is 1. The summed E-state index contributed by atoms with van der Waals surface area (Å²) in [5.41, 5.74) is 2.82. The summed E-state index contributed by atoms with van der Waals surface area (Å²) in [7, 11) is -3.77. The molecule has 2 aromatic rings. The fourth-order valence-corrected chi connectivity index (χ4v) is 6.68. The molecule has 4 rings (SSSR count). The molecule has 1 N–H and O–H groups in total. The Hall–Kier alpha value is -2.33. The molecule has 2 heterocycles. The standard InChI is InChI=1S/C24H30FN3O4S/c25-23-7-6-20-10-13-27(16-22(20)14-23)33(31,32)17-24(28(30)18-29)21-8-11-26(12-9-21)15-19-4-2-1-3-5-19/h1-7,14,18,21,24,30H,8-13,15-17H2. The van der Waals surface area contributed by atoms with Crippen molar-refractivity contribution in [2.24, 2.45) is 5.92 Å². The first kappa shape index (κ1) is 23.8. The quantitative estimate of drug-likeness (QED) is 0.361. The first-order valence-corrected chi connectivity index (χ1v) is 12.9. The molecule has 1 fully saturated rings. The molecule has 178 valence electrons. The van der Waals surface area contributed by atoms with Gasteiger partial charge in [0, 0.05) is 19.6 Å². The first-order chi connectivity index (χ1) is 15.9. The molecule has 7 nitrogen and oxygen atoms in total. The van der Waals surface area contributed by atoms with Crippen molar-refractivity contribution in [1.29, 1.82) is 0 Å². The number of likely N-dealkylation sites (tertiary alicyclic amines) is 1. The number of hydroxylamine groups is 2. The number of rotatable bonds is 8. The zero-order chi connectivity index (χ0) is 23.4. The van der Waals surface area contributed by atoms with Gasteiger partial charge in [-0.25, -0.2) is 17.9 Å². The van der Waals surface area contributed by atoms with Gasteiger partial charge in [-0.15, -0.1) is 0 Å². The van der Waals surface area contributed by atoms with Crippen LogP contribution in [-0.2, 0) is 34.3 Å². The number of hydrogen-bond acceptors (Lipinski definition) is 5. The van der Waals surface area contributed by atoms with E-state index in [1.165, 1.54) is 22.0 Å². The van der Waals surface area contributed by atoms with E-state index in [4.69, 9.17) is 0 Å². The maximum atomic E-state index is 13.6. The van der Waals surface area contributed by atoms with Crippen LogP contribution >= 0.6 is 0 Å². The summed E-state index contributed by atoms with van der Waals surface area (Å²) in [4.78, 5) is 13.7. The van der Waals surface area contributed by atoms with Gasteiger partial charge in [0.1, 0.15) is 5.82 Å². The summed E-state index contributed by atoms with van der Waals surface area (Å²) in [5, 5.41) is 10.8. The van der Waals surface area contributed by atoms with E-state index in [-0.39, 0.29) is 24.6 Å². The van der Waals surface area contributed by atoms with Crippen molar-refractivity contribution >= 4 is 16.4 Å². The van der Waals surface area contributed by atoms with Crippen LogP contribution in [0.5, 0.6) is 0 Å². The summed E-state index contributed by atoms with van der Waals surface area (Å²) >= 11 is 0. The van der Waals surface area contributed by atoms with Gasteiger partial charge < -0.3 is 0 Å². The van der Waals surface area contributed by atoms with Crippen LogP contribution in [0, 0.1) is 11.7 Å². The van der Waals surface area contributed by atoms with E-state index in [2.05, 4.69) is 17.0 Å². The van der Waals surface area contributed by atoms with Gasteiger partial charge >= 0.3 is 0 Å². The monoisotopic (exact) mass is 475 g/mol. The number of hydrogen-bond donors (Lipinski definition) is 1. The number of carbonyl (C=O) groups excluding carboxylic acids is 1. The van der Waals surface area contributed by atoms with Gasteiger partial charge in [0.05, 0.1) is 11.8 Å². The van der Waals surface area contributed by atoms with Crippen LogP contribution in [0.4, 0.5) is 4.39 Å². The average Bonchev–Trinajstić information content (AvgIpc) is 2.83. The van der Waals surface area contributed by atoms with Gasteiger partial charge in [-0.2, -0.15) is 4.31 Å². The second kappa shape index (κ2) is 10.3. The molecule has 33 heavy (non-hydrogen) atoms. The normalized spacial score (nSPS) is 19.1. The highest BCUT2D eigenvalue weighted by Gasteiger charge is 2.37. The summed E-state index contributed by atoms with van der Waals surface area (Å²) in [6.07, 6.45) is 2.17. The van der Waals surface area contributed by atoms with Crippen LogP contribution in [0.3, 0.4) is 0 Å². The minimum atomic E-state index is -3.77. The van der Waals surface area contributed by atoms with E-state index in [0.717, 1.165) is 25.2 Å². The Morgan fingerprint density at radius 2 is 1.82 bits per heavy atom. The second-order valence-corrected chi connectivity index (χ2v) is 10.9. The van der Waals surface area contributed by atoms with E-state index in [1.54, 1.807) is 6.07 Å². The predicted octanol–water partition coefficient (Wildman–Crippen LogP) is 2.64. The largest absolute Gasteiger partial charge is 0.299 e. The maximum Gasteiger partial charge on any atom is 0.233 e. The molecule has 1 saturated heterocycles. The third-order valence-corrected chi connectivity index (χ3v) is 8.65.